The van der Waals surface area contributed by atoms with Crippen LogP contribution in [0.1, 0.15) is 31.9 Å². The van der Waals surface area contributed by atoms with Gasteiger partial charge in [-0.15, -0.1) is 0 Å². The van der Waals surface area contributed by atoms with E-state index in [1.165, 1.54) is 0 Å². The molecule has 1 nitrogen and oxygen atoms in total. The maximum Gasteiger partial charge on any atom is 0.0995 e. The Balaban J connectivity index is 3.32. The van der Waals surface area contributed by atoms with Crippen LogP contribution in [0.4, 0.5) is 0 Å². The third kappa shape index (κ3) is 2.23. The van der Waals surface area contributed by atoms with Gasteiger partial charge < -0.3 is 0 Å². The van der Waals surface area contributed by atoms with Crippen molar-refractivity contribution in [1.29, 1.82) is 5.26 Å². The molecule has 0 aliphatic carbocycles. The molecule has 1 aromatic carbocycles. The maximum atomic E-state index is 8.90. The second-order valence-electron chi connectivity index (χ2n) is 4.05. The van der Waals surface area contributed by atoms with Crippen LogP contribution in [0, 0.1) is 11.3 Å². The van der Waals surface area contributed by atoms with Crippen LogP contribution in [0.5, 0.6) is 0 Å². The molecule has 0 amide bonds. The van der Waals surface area contributed by atoms with Crippen molar-refractivity contribution in [2.75, 3.05) is 0 Å². The summed E-state index contributed by atoms with van der Waals surface area (Å²) in [6.07, 6.45) is 0. The number of rotatable bonds is 0. The molecular weight excluding hydrogens is 182 g/mol. The fourth-order valence-corrected chi connectivity index (χ4v) is 1.44. The van der Waals surface area contributed by atoms with Gasteiger partial charge in [-0.1, -0.05) is 38.4 Å². The summed E-state index contributed by atoms with van der Waals surface area (Å²) in [5.41, 5.74) is 1.70. The second-order valence-corrected chi connectivity index (χ2v) is 4.49. The summed E-state index contributed by atoms with van der Waals surface area (Å²) in [5, 5.41) is 9.51. The van der Waals surface area contributed by atoms with Crippen LogP contribution in [0.3, 0.4) is 0 Å². The van der Waals surface area contributed by atoms with E-state index in [0.29, 0.717) is 10.6 Å². The van der Waals surface area contributed by atoms with Crippen LogP contribution < -0.4 is 0 Å². The highest BCUT2D eigenvalue weighted by Crippen LogP contribution is 2.27. The van der Waals surface area contributed by atoms with Gasteiger partial charge in [-0.3, -0.25) is 0 Å². The Hall–Kier alpha value is -1.00. The Labute approximate surface area is 84.0 Å². The van der Waals surface area contributed by atoms with Gasteiger partial charge in [0.25, 0.3) is 0 Å². The lowest BCUT2D eigenvalue weighted by molar-refractivity contribution is 0.588. The normalized spacial score (nSPS) is 11.0. The fraction of sp³-hybridized carbons (Fsp3) is 0.364. The molecule has 0 saturated heterocycles. The molecule has 2 heteroatoms. The minimum atomic E-state index is -0.00431. The van der Waals surface area contributed by atoms with Gasteiger partial charge in [-0.2, -0.15) is 5.26 Å². The van der Waals surface area contributed by atoms with Crippen molar-refractivity contribution in [3.8, 4) is 6.07 Å². The topological polar surface area (TPSA) is 23.8 Å². The van der Waals surface area contributed by atoms with Gasteiger partial charge in [-0.05, 0) is 23.1 Å². The standard InChI is InChI=1S/C11H12ClN/c1-11(2,3)10-5-4-9(12)6-8(10)7-13/h4-6H,1-3H3. The van der Waals surface area contributed by atoms with Crippen LogP contribution in [0.25, 0.3) is 0 Å². The van der Waals surface area contributed by atoms with Gasteiger partial charge in [0.2, 0.25) is 0 Å². The van der Waals surface area contributed by atoms with E-state index >= 15 is 0 Å². The average molecular weight is 194 g/mol. The summed E-state index contributed by atoms with van der Waals surface area (Å²) in [4.78, 5) is 0. The molecule has 13 heavy (non-hydrogen) atoms. The smallest absolute Gasteiger partial charge is 0.0995 e. The summed E-state index contributed by atoms with van der Waals surface area (Å²) >= 11 is 5.79. The average Bonchev–Trinajstić information content (AvgIpc) is 2.01. The molecule has 0 heterocycles. The zero-order chi connectivity index (χ0) is 10.1. The molecule has 0 radical (unpaired) electrons. The number of benzene rings is 1. The molecule has 0 bridgehead atoms. The van der Waals surface area contributed by atoms with Crippen molar-refractivity contribution in [1.82, 2.24) is 0 Å². The number of nitrogens with zero attached hydrogens (tertiary/aromatic N) is 1. The van der Waals surface area contributed by atoms with E-state index in [0.717, 1.165) is 5.56 Å². The van der Waals surface area contributed by atoms with Crippen LogP contribution >= 0.6 is 11.6 Å². The SMILES string of the molecule is CC(C)(C)c1ccc(Cl)cc1C#N. The van der Waals surface area contributed by atoms with Crippen LogP contribution in [-0.2, 0) is 5.41 Å². The van der Waals surface area contributed by atoms with Crippen molar-refractivity contribution < 1.29 is 0 Å². The van der Waals surface area contributed by atoms with Gasteiger partial charge in [0.1, 0.15) is 0 Å². The second kappa shape index (κ2) is 3.40. The first kappa shape index (κ1) is 10.1. The fourth-order valence-electron chi connectivity index (χ4n) is 1.26. The molecular formula is C11H12ClN. The monoisotopic (exact) mass is 193 g/mol. The predicted octanol–water partition coefficient (Wildman–Crippen LogP) is 3.51. The van der Waals surface area contributed by atoms with Gasteiger partial charge in [0, 0.05) is 5.02 Å². The van der Waals surface area contributed by atoms with Crippen molar-refractivity contribution in [3.63, 3.8) is 0 Å². The van der Waals surface area contributed by atoms with Crippen LogP contribution in [-0.4, -0.2) is 0 Å². The van der Waals surface area contributed by atoms with E-state index < -0.39 is 0 Å². The molecule has 0 aliphatic rings. The number of hydrogen-bond donors (Lipinski definition) is 0. The molecule has 0 unspecified atom stereocenters. The predicted molar refractivity (Wildman–Crippen MR) is 54.9 cm³/mol. The Kier molecular flexibility index (Phi) is 2.63. The Morgan fingerprint density at radius 1 is 1.31 bits per heavy atom. The van der Waals surface area contributed by atoms with E-state index in [2.05, 4.69) is 26.8 Å². The molecule has 0 fully saturated rings. The third-order valence-electron chi connectivity index (χ3n) is 1.91. The van der Waals surface area contributed by atoms with Crippen molar-refractivity contribution in [2.45, 2.75) is 26.2 Å². The Bertz CT molecular complexity index is 355. The zero-order valence-electron chi connectivity index (χ0n) is 8.06. The molecule has 0 aliphatic heterocycles. The zero-order valence-corrected chi connectivity index (χ0v) is 8.81. The minimum absolute atomic E-state index is 0.00431. The largest absolute Gasteiger partial charge is 0.192 e. The van der Waals surface area contributed by atoms with Crippen LogP contribution in [0.15, 0.2) is 18.2 Å². The minimum Gasteiger partial charge on any atom is -0.192 e. The van der Waals surface area contributed by atoms with Gasteiger partial charge in [0.15, 0.2) is 0 Å². The lowest BCUT2D eigenvalue weighted by Crippen LogP contribution is -2.12. The van der Waals surface area contributed by atoms with Crippen molar-refractivity contribution in [3.05, 3.63) is 34.3 Å². The Morgan fingerprint density at radius 3 is 2.38 bits per heavy atom. The summed E-state index contributed by atoms with van der Waals surface area (Å²) in [6.45, 7) is 6.24. The molecule has 0 spiro atoms. The molecule has 1 rings (SSSR count). The summed E-state index contributed by atoms with van der Waals surface area (Å²) < 4.78 is 0. The summed E-state index contributed by atoms with van der Waals surface area (Å²) in [5.74, 6) is 0. The van der Waals surface area contributed by atoms with E-state index in [1.807, 2.05) is 12.1 Å². The van der Waals surface area contributed by atoms with E-state index in [-0.39, 0.29) is 5.41 Å². The molecule has 0 atom stereocenters. The van der Waals surface area contributed by atoms with Gasteiger partial charge >= 0.3 is 0 Å². The highest BCUT2D eigenvalue weighted by Gasteiger charge is 2.17. The van der Waals surface area contributed by atoms with Gasteiger partial charge in [0.05, 0.1) is 11.6 Å². The lowest BCUT2D eigenvalue weighted by atomic mass is 9.84. The Morgan fingerprint density at radius 2 is 1.92 bits per heavy atom. The maximum absolute atomic E-state index is 8.90. The third-order valence-corrected chi connectivity index (χ3v) is 2.15. The molecule has 0 aromatic heterocycles. The highest BCUT2D eigenvalue weighted by molar-refractivity contribution is 6.30. The number of hydrogen-bond acceptors (Lipinski definition) is 1. The highest BCUT2D eigenvalue weighted by atomic mass is 35.5. The van der Waals surface area contributed by atoms with Gasteiger partial charge in [-0.25, -0.2) is 0 Å². The van der Waals surface area contributed by atoms with Crippen molar-refractivity contribution in [2.24, 2.45) is 0 Å². The summed E-state index contributed by atoms with van der Waals surface area (Å²) in [6, 6.07) is 7.61. The molecule has 1 aromatic rings. The lowest BCUT2D eigenvalue weighted by Gasteiger charge is -2.20. The van der Waals surface area contributed by atoms with Crippen molar-refractivity contribution >= 4 is 11.6 Å². The first-order valence-corrected chi connectivity index (χ1v) is 4.53. The van der Waals surface area contributed by atoms with E-state index in [9.17, 15) is 0 Å². The molecule has 0 N–H and O–H groups in total. The summed E-state index contributed by atoms with van der Waals surface area (Å²) in [7, 11) is 0. The van der Waals surface area contributed by atoms with Crippen LogP contribution in [0.2, 0.25) is 5.02 Å². The molecule has 68 valence electrons. The number of nitriles is 1. The van der Waals surface area contributed by atoms with E-state index in [1.54, 1.807) is 6.07 Å². The van der Waals surface area contributed by atoms with E-state index in [4.69, 9.17) is 16.9 Å². The first-order valence-electron chi connectivity index (χ1n) is 4.15. The quantitative estimate of drug-likeness (QED) is 0.619. The first-order chi connectivity index (χ1) is 5.95. The number of halogens is 1. The molecule has 0 saturated carbocycles.